The van der Waals surface area contributed by atoms with Crippen LogP contribution in [-0.4, -0.2) is 28.0 Å². The van der Waals surface area contributed by atoms with E-state index >= 15 is 0 Å². The molecule has 1 atom stereocenters. The zero-order valence-electron chi connectivity index (χ0n) is 11.3. The van der Waals surface area contributed by atoms with Crippen LogP contribution in [0.3, 0.4) is 0 Å². The van der Waals surface area contributed by atoms with E-state index < -0.39 is 23.5 Å². The lowest BCUT2D eigenvalue weighted by molar-refractivity contribution is -0.137. The molecule has 1 amide bonds. The van der Waals surface area contributed by atoms with Crippen LogP contribution >= 0.6 is 11.6 Å². The number of halogens is 1. The highest BCUT2D eigenvalue weighted by atomic mass is 35.5. The Bertz CT molecular complexity index is 554. The Labute approximate surface area is 121 Å². The topological polar surface area (TPSA) is 99.3 Å². The van der Waals surface area contributed by atoms with Gasteiger partial charge >= 0.3 is 5.97 Å². The van der Waals surface area contributed by atoms with E-state index in [2.05, 4.69) is 10.3 Å². The van der Waals surface area contributed by atoms with Crippen LogP contribution in [-0.2, 0) is 4.79 Å². The standard InChI is InChI=1S/C13H17ClN2O4/c1-7(2)3-9(5-11(17)18)16-12(19)8-4-10(14)13(20)15-6-8/h4,6-7,9H,3,5H2,1-2H3,(H,15,20)(H,16,19)(H,17,18)/t9-/m0/s1. The summed E-state index contributed by atoms with van der Waals surface area (Å²) in [6.45, 7) is 3.88. The van der Waals surface area contributed by atoms with Crippen LogP contribution < -0.4 is 10.9 Å². The summed E-state index contributed by atoms with van der Waals surface area (Å²) in [5.74, 6) is -1.19. The van der Waals surface area contributed by atoms with E-state index in [1.54, 1.807) is 0 Å². The predicted molar refractivity (Wildman–Crippen MR) is 75.0 cm³/mol. The van der Waals surface area contributed by atoms with E-state index in [0.29, 0.717) is 6.42 Å². The highest BCUT2D eigenvalue weighted by Gasteiger charge is 2.18. The molecule has 6 nitrogen and oxygen atoms in total. The first-order valence-electron chi connectivity index (χ1n) is 6.20. The van der Waals surface area contributed by atoms with Crippen LogP contribution in [0.15, 0.2) is 17.1 Å². The zero-order chi connectivity index (χ0) is 15.3. The number of amides is 1. The summed E-state index contributed by atoms with van der Waals surface area (Å²) in [7, 11) is 0. The molecule has 1 rings (SSSR count). The van der Waals surface area contributed by atoms with Gasteiger partial charge in [-0.2, -0.15) is 0 Å². The molecule has 0 unspecified atom stereocenters. The molecule has 0 saturated heterocycles. The molecule has 0 aliphatic rings. The molecule has 3 N–H and O–H groups in total. The van der Waals surface area contributed by atoms with Crippen molar-refractivity contribution in [2.24, 2.45) is 5.92 Å². The Balaban J connectivity index is 2.81. The summed E-state index contributed by atoms with van der Waals surface area (Å²) < 4.78 is 0. The van der Waals surface area contributed by atoms with E-state index in [4.69, 9.17) is 16.7 Å². The number of pyridine rings is 1. The van der Waals surface area contributed by atoms with E-state index in [9.17, 15) is 14.4 Å². The van der Waals surface area contributed by atoms with Crippen molar-refractivity contribution < 1.29 is 14.7 Å². The van der Waals surface area contributed by atoms with Gasteiger partial charge < -0.3 is 15.4 Å². The lowest BCUT2D eigenvalue weighted by atomic mass is 10.0. The predicted octanol–water partition coefficient (Wildman–Crippen LogP) is 1.65. The third kappa shape index (κ3) is 5.05. The molecule has 1 aromatic heterocycles. The van der Waals surface area contributed by atoms with Crippen molar-refractivity contribution in [3.8, 4) is 0 Å². The number of hydrogen-bond acceptors (Lipinski definition) is 3. The minimum absolute atomic E-state index is 0.0868. The minimum Gasteiger partial charge on any atom is -0.481 e. The molecule has 0 aromatic carbocycles. The molecule has 0 saturated carbocycles. The summed E-state index contributed by atoms with van der Waals surface area (Å²) in [6, 6.07) is 0.786. The van der Waals surface area contributed by atoms with Crippen molar-refractivity contribution in [2.75, 3.05) is 0 Å². The van der Waals surface area contributed by atoms with Gasteiger partial charge in [0.25, 0.3) is 11.5 Å². The fraction of sp³-hybridized carbons (Fsp3) is 0.462. The molecule has 0 bridgehead atoms. The maximum absolute atomic E-state index is 12.0. The van der Waals surface area contributed by atoms with E-state index in [1.807, 2.05) is 13.8 Å². The first-order valence-corrected chi connectivity index (χ1v) is 6.58. The van der Waals surface area contributed by atoms with E-state index in [0.717, 1.165) is 0 Å². The van der Waals surface area contributed by atoms with Gasteiger partial charge in [0, 0.05) is 12.2 Å². The molecule has 20 heavy (non-hydrogen) atoms. The Morgan fingerprint density at radius 2 is 2.10 bits per heavy atom. The van der Waals surface area contributed by atoms with Gasteiger partial charge in [-0.1, -0.05) is 25.4 Å². The molecule has 110 valence electrons. The van der Waals surface area contributed by atoms with Crippen molar-refractivity contribution in [3.05, 3.63) is 33.2 Å². The Morgan fingerprint density at radius 1 is 1.45 bits per heavy atom. The van der Waals surface area contributed by atoms with Gasteiger partial charge in [0.05, 0.1) is 12.0 Å². The smallest absolute Gasteiger partial charge is 0.305 e. The number of hydrogen-bond donors (Lipinski definition) is 3. The summed E-state index contributed by atoms with van der Waals surface area (Å²) in [5, 5.41) is 11.4. The van der Waals surface area contributed by atoms with Crippen LogP contribution in [0.1, 0.15) is 37.0 Å². The number of rotatable bonds is 6. The Hall–Kier alpha value is -1.82. The molecular formula is C13H17ClN2O4. The largest absolute Gasteiger partial charge is 0.481 e. The number of H-pyrrole nitrogens is 1. The third-order valence-electron chi connectivity index (χ3n) is 2.63. The second kappa shape index (κ2) is 7.09. The summed E-state index contributed by atoms with van der Waals surface area (Å²) >= 11 is 5.65. The molecule has 0 aliphatic carbocycles. The highest BCUT2D eigenvalue weighted by Crippen LogP contribution is 2.10. The van der Waals surface area contributed by atoms with Gasteiger partial charge in [-0.3, -0.25) is 14.4 Å². The molecular weight excluding hydrogens is 284 g/mol. The monoisotopic (exact) mass is 300 g/mol. The number of carboxylic acids is 1. The second-order valence-electron chi connectivity index (χ2n) is 4.96. The molecule has 0 aliphatic heterocycles. The van der Waals surface area contributed by atoms with Gasteiger partial charge in [-0.15, -0.1) is 0 Å². The highest BCUT2D eigenvalue weighted by molar-refractivity contribution is 6.30. The SMILES string of the molecule is CC(C)C[C@@H](CC(=O)O)NC(=O)c1c[nH]c(=O)c(Cl)c1. The fourth-order valence-corrected chi connectivity index (χ4v) is 2.00. The van der Waals surface area contributed by atoms with Gasteiger partial charge in [-0.25, -0.2) is 0 Å². The van der Waals surface area contributed by atoms with Gasteiger partial charge in [0.15, 0.2) is 0 Å². The summed E-state index contributed by atoms with van der Waals surface area (Å²) in [6.07, 6.45) is 1.65. The van der Waals surface area contributed by atoms with Gasteiger partial charge in [-0.05, 0) is 18.4 Å². The lowest BCUT2D eigenvalue weighted by Gasteiger charge is -2.18. The fourth-order valence-electron chi connectivity index (χ4n) is 1.83. The van der Waals surface area contributed by atoms with Gasteiger partial charge in [0.2, 0.25) is 0 Å². The molecule has 0 radical (unpaired) electrons. The summed E-state index contributed by atoms with van der Waals surface area (Å²) in [4.78, 5) is 36.2. The van der Waals surface area contributed by atoms with E-state index in [1.165, 1.54) is 12.3 Å². The molecule has 7 heteroatoms. The number of aliphatic carboxylic acids is 1. The van der Waals surface area contributed by atoms with Crippen LogP contribution in [0.2, 0.25) is 5.02 Å². The maximum atomic E-state index is 12.0. The zero-order valence-corrected chi connectivity index (χ0v) is 12.0. The number of aromatic amines is 1. The number of carboxylic acid groups (broad SMARTS) is 1. The Kier molecular flexibility index (Phi) is 5.76. The number of carbonyl (C=O) groups excluding carboxylic acids is 1. The van der Waals surface area contributed by atoms with Crippen LogP contribution in [0, 0.1) is 5.92 Å². The number of nitrogens with one attached hydrogen (secondary N) is 2. The molecule has 1 heterocycles. The van der Waals surface area contributed by atoms with Crippen molar-refractivity contribution in [1.82, 2.24) is 10.3 Å². The lowest BCUT2D eigenvalue weighted by Crippen LogP contribution is -2.37. The molecule has 1 aromatic rings. The summed E-state index contributed by atoms with van der Waals surface area (Å²) in [5.41, 5.74) is -0.291. The normalized spacial score (nSPS) is 12.2. The van der Waals surface area contributed by atoms with Crippen molar-refractivity contribution in [3.63, 3.8) is 0 Å². The second-order valence-corrected chi connectivity index (χ2v) is 5.37. The van der Waals surface area contributed by atoms with Crippen LogP contribution in [0.4, 0.5) is 0 Å². The third-order valence-corrected chi connectivity index (χ3v) is 2.91. The van der Waals surface area contributed by atoms with Crippen molar-refractivity contribution in [1.29, 1.82) is 0 Å². The van der Waals surface area contributed by atoms with Crippen LogP contribution in [0.5, 0.6) is 0 Å². The van der Waals surface area contributed by atoms with Crippen LogP contribution in [0.25, 0.3) is 0 Å². The molecule has 0 fully saturated rings. The number of aromatic nitrogens is 1. The number of carbonyl (C=O) groups is 2. The van der Waals surface area contributed by atoms with Crippen molar-refractivity contribution >= 4 is 23.5 Å². The average molecular weight is 301 g/mol. The average Bonchev–Trinajstić information content (AvgIpc) is 2.30. The minimum atomic E-state index is -0.976. The van der Waals surface area contributed by atoms with Gasteiger partial charge in [0.1, 0.15) is 5.02 Å². The quantitative estimate of drug-likeness (QED) is 0.743. The maximum Gasteiger partial charge on any atom is 0.305 e. The van der Waals surface area contributed by atoms with E-state index in [-0.39, 0.29) is 22.9 Å². The van der Waals surface area contributed by atoms with Crippen molar-refractivity contribution in [2.45, 2.75) is 32.7 Å². The first-order chi connectivity index (χ1) is 9.29. The molecule has 0 spiro atoms. The Morgan fingerprint density at radius 3 is 2.60 bits per heavy atom. The first kappa shape index (κ1) is 16.2.